The first-order valence-electron chi connectivity index (χ1n) is 10.8. The van der Waals surface area contributed by atoms with Crippen LogP contribution in [-0.4, -0.2) is 25.0 Å². The number of rotatable bonds is 8. The van der Waals surface area contributed by atoms with Crippen LogP contribution in [0.2, 0.25) is 0 Å². The smallest absolute Gasteiger partial charge is 0.265 e. The molecule has 6 nitrogen and oxygen atoms in total. The zero-order chi connectivity index (χ0) is 22.3. The third-order valence-electron chi connectivity index (χ3n) is 5.24. The van der Waals surface area contributed by atoms with Crippen LogP contribution in [-0.2, 0) is 11.3 Å². The molecule has 1 heterocycles. The molecule has 4 rings (SSSR count). The number of fused-ring (bicyclic) bond motifs is 1. The van der Waals surface area contributed by atoms with Crippen molar-refractivity contribution < 1.29 is 19.1 Å². The van der Waals surface area contributed by atoms with Crippen LogP contribution in [0.15, 0.2) is 72.8 Å². The van der Waals surface area contributed by atoms with Gasteiger partial charge < -0.3 is 19.7 Å². The van der Waals surface area contributed by atoms with Crippen molar-refractivity contribution >= 4 is 23.2 Å². The Bertz CT molecular complexity index is 1080. The number of carbonyl (C=O) groups excluding carboxylic acids is 2. The van der Waals surface area contributed by atoms with Crippen LogP contribution in [0.3, 0.4) is 0 Å². The molecule has 0 atom stereocenters. The van der Waals surface area contributed by atoms with Gasteiger partial charge >= 0.3 is 0 Å². The molecule has 0 saturated heterocycles. The van der Waals surface area contributed by atoms with E-state index in [4.69, 9.17) is 9.47 Å². The van der Waals surface area contributed by atoms with Crippen LogP contribution in [0.5, 0.6) is 11.5 Å². The molecule has 2 amide bonds. The van der Waals surface area contributed by atoms with Gasteiger partial charge in [-0.15, -0.1) is 0 Å². The van der Waals surface area contributed by atoms with Gasteiger partial charge in [0.15, 0.2) is 6.61 Å². The SMILES string of the molecule is CCCCOc1ccc(NC(=O)c2ccc(CN3C(=O)COc4ccccc43)cc2)cc1. The molecule has 0 radical (unpaired) electrons. The summed E-state index contributed by atoms with van der Waals surface area (Å²) in [6.45, 7) is 3.26. The number of amides is 2. The second-order valence-corrected chi connectivity index (χ2v) is 7.61. The minimum atomic E-state index is -0.191. The number of anilines is 2. The first-order valence-corrected chi connectivity index (χ1v) is 10.8. The molecule has 164 valence electrons. The summed E-state index contributed by atoms with van der Waals surface area (Å²) in [5, 5.41) is 2.90. The van der Waals surface area contributed by atoms with Crippen molar-refractivity contribution in [1.82, 2.24) is 0 Å². The van der Waals surface area contributed by atoms with E-state index in [0.29, 0.717) is 30.2 Å². The van der Waals surface area contributed by atoms with E-state index in [1.165, 1.54) is 0 Å². The van der Waals surface area contributed by atoms with Crippen LogP contribution in [0, 0.1) is 0 Å². The summed E-state index contributed by atoms with van der Waals surface area (Å²) in [5.74, 6) is 1.21. The third kappa shape index (κ3) is 5.09. The van der Waals surface area contributed by atoms with Crippen molar-refractivity contribution in [3.63, 3.8) is 0 Å². The Balaban J connectivity index is 1.37. The molecule has 1 aliphatic rings. The van der Waals surface area contributed by atoms with Crippen molar-refractivity contribution in [3.05, 3.63) is 83.9 Å². The highest BCUT2D eigenvalue weighted by atomic mass is 16.5. The van der Waals surface area contributed by atoms with Crippen molar-refractivity contribution in [3.8, 4) is 11.5 Å². The van der Waals surface area contributed by atoms with Gasteiger partial charge in [-0.2, -0.15) is 0 Å². The number of para-hydroxylation sites is 2. The molecule has 3 aromatic carbocycles. The van der Waals surface area contributed by atoms with Crippen LogP contribution >= 0.6 is 0 Å². The van der Waals surface area contributed by atoms with Crippen LogP contribution < -0.4 is 19.7 Å². The standard InChI is InChI=1S/C26H26N2O4/c1-2-3-16-31-22-14-12-21(13-15-22)27-26(30)20-10-8-19(9-11-20)17-28-23-6-4-5-7-24(23)32-18-25(28)29/h4-15H,2-3,16-18H2,1H3,(H,27,30). The highest BCUT2D eigenvalue weighted by Crippen LogP contribution is 2.32. The lowest BCUT2D eigenvalue weighted by molar-refractivity contribution is -0.121. The average Bonchev–Trinajstić information content (AvgIpc) is 2.82. The molecule has 0 aliphatic carbocycles. The molecule has 0 saturated carbocycles. The van der Waals surface area contributed by atoms with Gasteiger partial charge in [0.05, 0.1) is 18.8 Å². The Morgan fingerprint density at radius 2 is 1.78 bits per heavy atom. The molecular formula is C26H26N2O4. The second kappa shape index (κ2) is 10.0. The zero-order valence-corrected chi connectivity index (χ0v) is 18.0. The van der Waals surface area contributed by atoms with Gasteiger partial charge in [0.1, 0.15) is 11.5 Å². The van der Waals surface area contributed by atoms with Gasteiger partial charge in [0.2, 0.25) is 0 Å². The Labute approximate surface area is 187 Å². The average molecular weight is 431 g/mol. The quantitative estimate of drug-likeness (QED) is 0.508. The zero-order valence-electron chi connectivity index (χ0n) is 18.0. The number of nitrogens with zero attached hydrogens (tertiary/aromatic N) is 1. The predicted molar refractivity (Wildman–Crippen MR) is 124 cm³/mol. The molecule has 0 bridgehead atoms. The van der Waals surface area contributed by atoms with Crippen LogP contribution in [0.1, 0.15) is 35.7 Å². The normalized spacial score (nSPS) is 12.7. The number of hydrogen-bond acceptors (Lipinski definition) is 4. The van der Waals surface area contributed by atoms with Gasteiger partial charge in [-0.1, -0.05) is 37.6 Å². The lowest BCUT2D eigenvalue weighted by Crippen LogP contribution is -2.38. The van der Waals surface area contributed by atoms with Crippen LogP contribution in [0.4, 0.5) is 11.4 Å². The largest absolute Gasteiger partial charge is 0.494 e. The van der Waals surface area contributed by atoms with Gasteiger partial charge in [-0.05, 0) is 60.5 Å². The molecule has 6 heteroatoms. The Kier molecular flexibility index (Phi) is 6.70. The second-order valence-electron chi connectivity index (χ2n) is 7.61. The summed E-state index contributed by atoms with van der Waals surface area (Å²) in [6.07, 6.45) is 2.10. The van der Waals surface area contributed by atoms with E-state index >= 15 is 0 Å². The van der Waals surface area contributed by atoms with Gasteiger partial charge in [-0.3, -0.25) is 9.59 Å². The fourth-order valence-electron chi connectivity index (χ4n) is 3.44. The number of nitrogens with one attached hydrogen (secondary N) is 1. The molecule has 0 fully saturated rings. The fourth-order valence-corrected chi connectivity index (χ4v) is 3.44. The van der Waals surface area contributed by atoms with E-state index in [1.807, 2.05) is 60.7 Å². The van der Waals surface area contributed by atoms with E-state index in [1.54, 1.807) is 17.0 Å². The van der Waals surface area contributed by atoms with Gasteiger partial charge in [-0.25, -0.2) is 0 Å². The Morgan fingerprint density at radius 3 is 2.53 bits per heavy atom. The van der Waals surface area contributed by atoms with E-state index in [2.05, 4.69) is 12.2 Å². The summed E-state index contributed by atoms with van der Waals surface area (Å²) in [5.41, 5.74) is 2.94. The van der Waals surface area contributed by atoms with Crippen molar-refractivity contribution in [1.29, 1.82) is 0 Å². The van der Waals surface area contributed by atoms with Crippen molar-refractivity contribution in [2.75, 3.05) is 23.4 Å². The molecule has 1 N–H and O–H groups in total. The van der Waals surface area contributed by atoms with Gasteiger partial charge in [0.25, 0.3) is 11.8 Å². The van der Waals surface area contributed by atoms with E-state index in [0.717, 1.165) is 29.8 Å². The van der Waals surface area contributed by atoms with E-state index in [9.17, 15) is 9.59 Å². The number of ether oxygens (including phenoxy) is 2. The lowest BCUT2D eigenvalue weighted by atomic mass is 10.1. The maximum Gasteiger partial charge on any atom is 0.265 e. The lowest BCUT2D eigenvalue weighted by Gasteiger charge is -2.29. The summed E-state index contributed by atoms with van der Waals surface area (Å²) in [7, 11) is 0. The summed E-state index contributed by atoms with van der Waals surface area (Å²) in [6, 6.07) is 22.1. The Hall–Kier alpha value is -3.80. The molecule has 32 heavy (non-hydrogen) atoms. The molecular weight excluding hydrogens is 404 g/mol. The predicted octanol–water partition coefficient (Wildman–Crippen LogP) is 5.04. The van der Waals surface area contributed by atoms with Gasteiger partial charge in [0, 0.05) is 11.3 Å². The highest BCUT2D eigenvalue weighted by molar-refractivity contribution is 6.04. The number of benzene rings is 3. The van der Waals surface area contributed by atoms with E-state index < -0.39 is 0 Å². The minimum absolute atomic E-state index is 0.0277. The first-order chi connectivity index (χ1) is 15.6. The number of carbonyl (C=O) groups is 2. The summed E-state index contributed by atoms with van der Waals surface area (Å²) < 4.78 is 11.1. The van der Waals surface area contributed by atoms with Crippen LogP contribution in [0.25, 0.3) is 0 Å². The maximum absolute atomic E-state index is 12.6. The summed E-state index contributed by atoms with van der Waals surface area (Å²) in [4.78, 5) is 26.7. The molecule has 1 aliphatic heterocycles. The number of unbranched alkanes of at least 4 members (excludes halogenated alkanes) is 1. The monoisotopic (exact) mass is 430 g/mol. The van der Waals surface area contributed by atoms with E-state index in [-0.39, 0.29) is 18.4 Å². The first kappa shape index (κ1) is 21.4. The van der Waals surface area contributed by atoms with Crippen molar-refractivity contribution in [2.45, 2.75) is 26.3 Å². The number of hydrogen-bond donors (Lipinski definition) is 1. The topological polar surface area (TPSA) is 67.9 Å². The fraction of sp³-hybridized carbons (Fsp3) is 0.231. The summed E-state index contributed by atoms with van der Waals surface area (Å²) >= 11 is 0. The molecule has 0 aromatic heterocycles. The third-order valence-corrected chi connectivity index (χ3v) is 5.24. The highest BCUT2D eigenvalue weighted by Gasteiger charge is 2.25. The minimum Gasteiger partial charge on any atom is -0.494 e. The maximum atomic E-state index is 12.6. The molecule has 0 spiro atoms. The van der Waals surface area contributed by atoms with Crippen molar-refractivity contribution in [2.24, 2.45) is 0 Å². The Morgan fingerprint density at radius 1 is 1.03 bits per heavy atom. The molecule has 3 aromatic rings. The molecule has 0 unspecified atom stereocenters.